The zero-order valence-corrected chi connectivity index (χ0v) is 12.8. The number of halogens is 3. The molecule has 1 aromatic heterocycles. The minimum absolute atomic E-state index is 0.0838. The van der Waals surface area contributed by atoms with Crippen molar-refractivity contribution >= 4 is 39.1 Å². The van der Waals surface area contributed by atoms with E-state index in [0.29, 0.717) is 28.2 Å². The summed E-state index contributed by atoms with van der Waals surface area (Å²) in [6.07, 6.45) is 1.35. The minimum Gasteiger partial charge on any atom is -0.338 e. The van der Waals surface area contributed by atoms with E-state index in [9.17, 15) is 0 Å². The molecule has 0 aliphatic rings. The van der Waals surface area contributed by atoms with Crippen molar-refractivity contribution in [2.45, 2.75) is 24.6 Å². The maximum atomic E-state index is 6.10. The molecule has 0 spiro atoms. The quantitative estimate of drug-likeness (QED) is 0.743. The molecule has 0 aliphatic carbocycles. The Morgan fingerprint density at radius 3 is 2.61 bits per heavy atom. The first-order valence-corrected chi connectivity index (χ1v) is 7.18. The van der Waals surface area contributed by atoms with Crippen molar-refractivity contribution in [2.75, 3.05) is 0 Å². The van der Waals surface area contributed by atoms with Gasteiger partial charge in [-0.2, -0.15) is 4.98 Å². The van der Waals surface area contributed by atoms with Crippen LogP contribution in [-0.4, -0.2) is 10.1 Å². The smallest absolute Gasteiger partial charge is 0.240 e. The largest absolute Gasteiger partial charge is 0.338 e. The van der Waals surface area contributed by atoms with Crippen molar-refractivity contribution in [3.63, 3.8) is 0 Å². The fraction of sp³-hybridized carbons (Fsp3) is 0.333. The molecule has 3 nitrogen and oxygen atoms in total. The molecule has 1 aromatic carbocycles. The summed E-state index contributed by atoms with van der Waals surface area (Å²) in [6, 6.07) is 5.40. The molecule has 0 fully saturated rings. The molecule has 1 atom stereocenters. The minimum atomic E-state index is 0.0838. The Kier molecular flexibility index (Phi) is 4.65. The van der Waals surface area contributed by atoms with Gasteiger partial charge in [-0.1, -0.05) is 57.3 Å². The van der Waals surface area contributed by atoms with Crippen LogP contribution >= 0.6 is 39.1 Å². The molecule has 18 heavy (non-hydrogen) atoms. The van der Waals surface area contributed by atoms with Gasteiger partial charge in [0.2, 0.25) is 5.89 Å². The van der Waals surface area contributed by atoms with Gasteiger partial charge < -0.3 is 4.52 Å². The topological polar surface area (TPSA) is 38.9 Å². The lowest BCUT2D eigenvalue weighted by atomic mass is 10.1. The van der Waals surface area contributed by atoms with Gasteiger partial charge in [-0.25, -0.2) is 0 Å². The van der Waals surface area contributed by atoms with E-state index in [1.165, 1.54) is 0 Å². The Balaban J connectivity index is 2.21. The maximum absolute atomic E-state index is 6.10. The second-order valence-electron chi connectivity index (χ2n) is 3.80. The second-order valence-corrected chi connectivity index (χ2v) is 5.72. The van der Waals surface area contributed by atoms with Crippen LogP contribution < -0.4 is 0 Å². The van der Waals surface area contributed by atoms with Crippen molar-refractivity contribution in [2.24, 2.45) is 0 Å². The first-order valence-electron chi connectivity index (χ1n) is 5.51. The van der Waals surface area contributed by atoms with E-state index in [2.05, 4.69) is 26.1 Å². The van der Waals surface area contributed by atoms with Gasteiger partial charge in [-0.15, -0.1) is 0 Å². The van der Waals surface area contributed by atoms with Crippen LogP contribution in [0.1, 0.15) is 35.5 Å². The first kappa shape index (κ1) is 13.8. The van der Waals surface area contributed by atoms with Gasteiger partial charge in [0.1, 0.15) is 0 Å². The highest BCUT2D eigenvalue weighted by Crippen LogP contribution is 2.28. The summed E-state index contributed by atoms with van der Waals surface area (Å²) >= 11 is 15.7. The lowest BCUT2D eigenvalue weighted by Crippen LogP contribution is -1.94. The molecule has 0 saturated heterocycles. The predicted octanol–water partition coefficient (Wildman–Crippen LogP) is 4.81. The van der Waals surface area contributed by atoms with Crippen LogP contribution in [0.2, 0.25) is 10.0 Å². The molecule has 0 saturated carbocycles. The Bertz CT molecular complexity index is 524. The summed E-state index contributed by atoms with van der Waals surface area (Å²) in [5, 5.41) is 5.15. The molecule has 96 valence electrons. The fourth-order valence-corrected chi connectivity index (χ4v) is 2.22. The van der Waals surface area contributed by atoms with E-state index in [4.69, 9.17) is 27.7 Å². The average molecular weight is 350 g/mol. The van der Waals surface area contributed by atoms with Crippen LogP contribution in [0.3, 0.4) is 0 Å². The SMILES string of the molecule is CCC(Br)c1nc(Cc2c(Cl)cccc2Cl)no1. The summed E-state index contributed by atoms with van der Waals surface area (Å²) < 4.78 is 5.18. The monoisotopic (exact) mass is 348 g/mol. The van der Waals surface area contributed by atoms with Gasteiger partial charge in [0.25, 0.3) is 0 Å². The Labute approximate surface area is 124 Å². The Morgan fingerprint density at radius 2 is 2.00 bits per heavy atom. The molecule has 2 rings (SSSR count). The lowest BCUT2D eigenvalue weighted by Gasteiger charge is -2.03. The van der Waals surface area contributed by atoms with E-state index in [1.54, 1.807) is 18.2 Å². The maximum Gasteiger partial charge on any atom is 0.240 e. The third kappa shape index (κ3) is 3.05. The van der Waals surface area contributed by atoms with Gasteiger partial charge >= 0.3 is 0 Å². The molecule has 0 amide bonds. The zero-order chi connectivity index (χ0) is 13.1. The highest BCUT2D eigenvalue weighted by atomic mass is 79.9. The number of benzene rings is 1. The third-order valence-electron chi connectivity index (χ3n) is 2.51. The molecule has 1 unspecified atom stereocenters. The summed E-state index contributed by atoms with van der Waals surface area (Å²) in [6.45, 7) is 2.04. The lowest BCUT2D eigenvalue weighted by molar-refractivity contribution is 0.372. The molecule has 0 N–H and O–H groups in total. The number of aromatic nitrogens is 2. The van der Waals surface area contributed by atoms with Gasteiger partial charge in [0.15, 0.2) is 5.82 Å². The van der Waals surface area contributed by atoms with Crippen LogP contribution in [0.5, 0.6) is 0 Å². The number of hydrogen-bond donors (Lipinski definition) is 0. The van der Waals surface area contributed by atoms with E-state index in [-0.39, 0.29) is 4.83 Å². The van der Waals surface area contributed by atoms with Crippen molar-refractivity contribution in [3.05, 3.63) is 45.5 Å². The fourth-order valence-electron chi connectivity index (χ4n) is 1.50. The third-order valence-corrected chi connectivity index (χ3v) is 4.25. The summed E-state index contributed by atoms with van der Waals surface area (Å²) in [5.41, 5.74) is 0.816. The highest BCUT2D eigenvalue weighted by Gasteiger charge is 2.15. The van der Waals surface area contributed by atoms with Crippen LogP contribution in [-0.2, 0) is 6.42 Å². The van der Waals surface area contributed by atoms with E-state index >= 15 is 0 Å². The van der Waals surface area contributed by atoms with Crippen LogP contribution in [0.25, 0.3) is 0 Å². The van der Waals surface area contributed by atoms with Crippen LogP contribution in [0, 0.1) is 0 Å². The molecule has 6 heteroatoms. The van der Waals surface area contributed by atoms with Gasteiger partial charge in [-0.05, 0) is 24.1 Å². The van der Waals surface area contributed by atoms with Crippen molar-refractivity contribution in [1.29, 1.82) is 0 Å². The molecule has 0 aliphatic heterocycles. The molecular formula is C12H11BrCl2N2O. The van der Waals surface area contributed by atoms with E-state index in [0.717, 1.165) is 12.0 Å². The molecular weight excluding hydrogens is 339 g/mol. The van der Waals surface area contributed by atoms with E-state index in [1.807, 2.05) is 6.92 Å². The molecule has 0 bridgehead atoms. The van der Waals surface area contributed by atoms with Crippen molar-refractivity contribution < 1.29 is 4.52 Å². The van der Waals surface area contributed by atoms with Gasteiger partial charge in [0.05, 0.1) is 4.83 Å². The number of nitrogens with zero attached hydrogens (tertiary/aromatic N) is 2. The molecule has 2 aromatic rings. The average Bonchev–Trinajstić information content (AvgIpc) is 2.81. The molecule has 0 radical (unpaired) electrons. The van der Waals surface area contributed by atoms with Gasteiger partial charge in [0, 0.05) is 16.5 Å². The summed E-state index contributed by atoms with van der Waals surface area (Å²) in [7, 11) is 0. The van der Waals surface area contributed by atoms with Crippen LogP contribution in [0.4, 0.5) is 0 Å². The predicted molar refractivity (Wildman–Crippen MR) is 75.5 cm³/mol. The number of alkyl halides is 1. The number of rotatable bonds is 4. The van der Waals surface area contributed by atoms with Crippen LogP contribution in [0.15, 0.2) is 22.7 Å². The van der Waals surface area contributed by atoms with E-state index < -0.39 is 0 Å². The zero-order valence-electron chi connectivity index (χ0n) is 9.66. The van der Waals surface area contributed by atoms with Crippen molar-refractivity contribution in [3.8, 4) is 0 Å². The molecule has 1 heterocycles. The first-order chi connectivity index (χ1) is 8.61. The summed E-state index contributed by atoms with van der Waals surface area (Å²) in [4.78, 5) is 4.40. The number of hydrogen-bond acceptors (Lipinski definition) is 3. The Morgan fingerprint density at radius 1 is 1.33 bits per heavy atom. The second kappa shape index (κ2) is 6.04. The standard InChI is InChI=1S/C12H11BrCl2N2O/c1-2-8(13)12-16-11(17-18-12)6-7-9(14)4-3-5-10(7)15/h3-5,8H,2,6H2,1H3. The van der Waals surface area contributed by atoms with Gasteiger partial charge in [-0.3, -0.25) is 0 Å². The van der Waals surface area contributed by atoms with Crippen molar-refractivity contribution in [1.82, 2.24) is 10.1 Å². The normalized spacial score (nSPS) is 12.7. The highest BCUT2D eigenvalue weighted by molar-refractivity contribution is 9.09. The Hall–Kier alpha value is -0.580. The summed E-state index contributed by atoms with van der Waals surface area (Å²) in [5.74, 6) is 1.16.